The maximum atomic E-state index is 12.6. The number of benzene rings is 2. The van der Waals surface area contributed by atoms with Crippen molar-refractivity contribution in [3.05, 3.63) is 71.8 Å². The second kappa shape index (κ2) is 11.3. The lowest BCUT2D eigenvalue weighted by Crippen LogP contribution is -2.53. The summed E-state index contributed by atoms with van der Waals surface area (Å²) in [5.41, 5.74) is 1.96. The van der Waals surface area contributed by atoms with Gasteiger partial charge in [-0.15, -0.1) is 0 Å². The molecule has 0 spiro atoms. The third-order valence-corrected chi connectivity index (χ3v) is 7.62. The summed E-state index contributed by atoms with van der Waals surface area (Å²) >= 11 is 0. The molecule has 3 rings (SSSR count). The van der Waals surface area contributed by atoms with E-state index in [1.54, 1.807) is 11.0 Å². The number of hydrogen-bond donors (Lipinski definition) is 0. The van der Waals surface area contributed by atoms with E-state index >= 15 is 0 Å². The molecule has 0 bridgehead atoms. The van der Waals surface area contributed by atoms with Gasteiger partial charge in [0.25, 0.3) is 10.2 Å². The van der Waals surface area contributed by atoms with Crippen LogP contribution in [0.25, 0.3) is 6.08 Å². The van der Waals surface area contributed by atoms with Crippen LogP contribution in [-0.4, -0.2) is 67.1 Å². The summed E-state index contributed by atoms with van der Waals surface area (Å²) in [4.78, 5) is 14.3. The molecule has 1 aliphatic rings. The second-order valence-corrected chi connectivity index (χ2v) is 9.42. The Morgan fingerprint density at radius 3 is 2.34 bits per heavy atom. The van der Waals surface area contributed by atoms with E-state index in [9.17, 15) is 13.2 Å². The Bertz CT molecular complexity index is 1010. The fourth-order valence-corrected chi connectivity index (χ4v) is 5.18. The van der Waals surface area contributed by atoms with Crippen molar-refractivity contribution in [1.29, 1.82) is 0 Å². The number of rotatable bonds is 9. The molecule has 0 atom stereocenters. The minimum absolute atomic E-state index is 0.125. The molecule has 7 nitrogen and oxygen atoms in total. The van der Waals surface area contributed by atoms with Crippen molar-refractivity contribution in [2.75, 3.05) is 39.3 Å². The van der Waals surface area contributed by atoms with Crippen LogP contribution in [0.4, 0.5) is 0 Å². The molecule has 0 aromatic heterocycles. The molecule has 1 amide bonds. The smallest absolute Gasteiger partial charge is 0.282 e. The van der Waals surface area contributed by atoms with Gasteiger partial charge in [-0.3, -0.25) is 4.79 Å². The van der Waals surface area contributed by atoms with Gasteiger partial charge >= 0.3 is 0 Å². The maximum absolute atomic E-state index is 12.6. The number of carbonyl (C=O) groups is 1. The predicted octanol–water partition coefficient (Wildman–Crippen LogP) is 3.01. The van der Waals surface area contributed by atoms with E-state index in [2.05, 4.69) is 0 Å². The summed E-state index contributed by atoms with van der Waals surface area (Å²) in [6, 6.07) is 17.5. The van der Waals surface area contributed by atoms with Gasteiger partial charge < -0.3 is 9.64 Å². The standard InChI is InChI=1S/C24H31N3O4S/c1-3-26(4-2)32(29,30)27-17-15-25(16-18-27)24(28)14-13-21-11-8-12-23(19-21)31-20-22-9-6-5-7-10-22/h5-14,19H,3-4,15-18,20H2,1-2H3/b14-13+. The summed E-state index contributed by atoms with van der Waals surface area (Å²) in [5.74, 6) is 0.610. The van der Waals surface area contributed by atoms with Gasteiger partial charge in [0.15, 0.2) is 0 Å². The van der Waals surface area contributed by atoms with Gasteiger partial charge in [0.2, 0.25) is 5.91 Å². The molecule has 2 aromatic carbocycles. The Hall–Kier alpha value is -2.68. The van der Waals surface area contributed by atoms with Crippen LogP contribution in [0.15, 0.2) is 60.7 Å². The van der Waals surface area contributed by atoms with Crippen LogP contribution in [-0.2, 0) is 21.6 Å². The van der Waals surface area contributed by atoms with Gasteiger partial charge in [0.05, 0.1) is 0 Å². The lowest BCUT2D eigenvalue weighted by Gasteiger charge is -2.35. The quantitative estimate of drug-likeness (QED) is 0.543. The van der Waals surface area contributed by atoms with Crippen molar-refractivity contribution in [1.82, 2.24) is 13.5 Å². The molecule has 0 aliphatic carbocycles. The first-order chi connectivity index (χ1) is 15.4. The van der Waals surface area contributed by atoms with Gasteiger partial charge in [-0.1, -0.05) is 56.3 Å². The van der Waals surface area contributed by atoms with Crippen LogP contribution in [0.2, 0.25) is 0 Å². The van der Waals surface area contributed by atoms with E-state index in [0.717, 1.165) is 16.9 Å². The summed E-state index contributed by atoms with van der Waals surface area (Å²) in [5, 5.41) is 0. The number of nitrogens with zero attached hydrogens (tertiary/aromatic N) is 3. The SMILES string of the molecule is CCN(CC)S(=O)(=O)N1CCN(C(=O)/C=C/c2cccc(OCc3ccccc3)c2)CC1. The van der Waals surface area contributed by atoms with E-state index in [1.807, 2.05) is 68.4 Å². The monoisotopic (exact) mass is 457 g/mol. The highest BCUT2D eigenvalue weighted by molar-refractivity contribution is 7.86. The maximum Gasteiger partial charge on any atom is 0.282 e. The highest BCUT2D eigenvalue weighted by Crippen LogP contribution is 2.17. The van der Waals surface area contributed by atoms with E-state index in [0.29, 0.717) is 45.9 Å². The summed E-state index contributed by atoms with van der Waals surface area (Å²) in [6.07, 6.45) is 3.29. The Balaban J connectivity index is 1.53. The van der Waals surface area contributed by atoms with Gasteiger partial charge in [-0.05, 0) is 29.3 Å². The molecule has 172 valence electrons. The zero-order valence-corrected chi connectivity index (χ0v) is 19.5. The van der Waals surface area contributed by atoms with Crippen LogP contribution >= 0.6 is 0 Å². The lowest BCUT2D eigenvalue weighted by atomic mass is 10.2. The second-order valence-electron chi connectivity index (χ2n) is 7.50. The first kappa shape index (κ1) is 24.0. The van der Waals surface area contributed by atoms with Gasteiger partial charge in [0.1, 0.15) is 12.4 Å². The van der Waals surface area contributed by atoms with Crippen LogP contribution in [0, 0.1) is 0 Å². The fraction of sp³-hybridized carbons (Fsp3) is 0.375. The summed E-state index contributed by atoms with van der Waals surface area (Å²) in [7, 11) is -3.46. The van der Waals surface area contributed by atoms with Crippen molar-refractivity contribution in [2.24, 2.45) is 0 Å². The van der Waals surface area contributed by atoms with E-state index in [1.165, 1.54) is 14.7 Å². The minimum atomic E-state index is -3.46. The molecule has 1 heterocycles. The van der Waals surface area contributed by atoms with Crippen LogP contribution in [0.5, 0.6) is 5.75 Å². The first-order valence-corrected chi connectivity index (χ1v) is 12.3. The number of amides is 1. The highest BCUT2D eigenvalue weighted by Gasteiger charge is 2.31. The van der Waals surface area contributed by atoms with Crippen molar-refractivity contribution in [3.8, 4) is 5.75 Å². The molecule has 1 aliphatic heterocycles. The Labute approximate surface area is 191 Å². The Morgan fingerprint density at radius 2 is 1.69 bits per heavy atom. The van der Waals surface area contributed by atoms with Crippen LogP contribution in [0.1, 0.15) is 25.0 Å². The number of ether oxygens (including phenoxy) is 1. The molecule has 1 fully saturated rings. The number of piperazine rings is 1. The zero-order chi connectivity index (χ0) is 23.0. The molecule has 0 radical (unpaired) electrons. The average Bonchev–Trinajstić information content (AvgIpc) is 2.83. The van der Waals surface area contributed by atoms with E-state index in [-0.39, 0.29) is 5.91 Å². The van der Waals surface area contributed by atoms with Gasteiger partial charge in [0, 0.05) is 45.3 Å². The Kier molecular flexibility index (Phi) is 8.44. The summed E-state index contributed by atoms with van der Waals surface area (Å²) in [6.45, 7) is 6.38. The minimum Gasteiger partial charge on any atom is -0.489 e. The van der Waals surface area contributed by atoms with Gasteiger partial charge in [-0.25, -0.2) is 0 Å². The zero-order valence-electron chi connectivity index (χ0n) is 18.7. The molecule has 8 heteroatoms. The van der Waals surface area contributed by atoms with Crippen LogP contribution in [0.3, 0.4) is 0 Å². The average molecular weight is 458 g/mol. The molecular weight excluding hydrogens is 426 g/mol. The van der Waals surface area contributed by atoms with Crippen molar-refractivity contribution in [3.63, 3.8) is 0 Å². The van der Waals surface area contributed by atoms with Crippen molar-refractivity contribution >= 4 is 22.2 Å². The largest absolute Gasteiger partial charge is 0.489 e. The molecule has 0 saturated carbocycles. The normalized spacial score (nSPS) is 15.4. The summed E-state index contributed by atoms with van der Waals surface area (Å²) < 4.78 is 34.0. The van der Waals surface area contributed by atoms with Crippen molar-refractivity contribution < 1.29 is 17.9 Å². The predicted molar refractivity (Wildman–Crippen MR) is 126 cm³/mol. The first-order valence-electron chi connectivity index (χ1n) is 10.9. The third kappa shape index (κ3) is 6.18. The van der Waals surface area contributed by atoms with Gasteiger partial charge in [-0.2, -0.15) is 17.0 Å². The third-order valence-electron chi connectivity index (χ3n) is 5.43. The fourth-order valence-electron chi connectivity index (χ4n) is 3.57. The Morgan fingerprint density at radius 1 is 1.00 bits per heavy atom. The molecule has 0 unspecified atom stereocenters. The number of carbonyl (C=O) groups excluding carboxylic acids is 1. The molecule has 2 aromatic rings. The molecule has 32 heavy (non-hydrogen) atoms. The van der Waals surface area contributed by atoms with Crippen molar-refractivity contribution in [2.45, 2.75) is 20.5 Å². The topological polar surface area (TPSA) is 70.2 Å². The molecular formula is C24H31N3O4S. The van der Waals surface area contributed by atoms with E-state index < -0.39 is 10.2 Å². The highest BCUT2D eigenvalue weighted by atomic mass is 32.2. The molecule has 0 N–H and O–H groups in total. The molecule has 1 saturated heterocycles. The number of hydrogen-bond acceptors (Lipinski definition) is 4. The van der Waals surface area contributed by atoms with E-state index in [4.69, 9.17) is 4.74 Å². The lowest BCUT2D eigenvalue weighted by molar-refractivity contribution is -0.127. The van der Waals surface area contributed by atoms with Crippen LogP contribution < -0.4 is 4.74 Å².